The summed E-state index contributed by atoms with van der Waals surface area (Å²) >= 11 is 9.42. The van der Waals surface area contributed by atoms with Crippen LogP contribution in [0.25, 0.3) is 0 Å². The fourth-order valence-corrected chi connectivity index (χ4v) is 3.54. The van der Waals surface area contributed by atoms with Crippen molar-refractivity contribution in [1.29, 1.82) is 0 Å². The molecule has 1 heterocycles. The van der Waals surface area contributed by atoms with Gasteiger partial charge in [0.1, 0.15) is 17.5 Å². The molecule has 1 unspecified atom stereocenters. The number of ether oxygens (including phenoxy) is 1. The largest absolute Gasteiger partial charge is 0.457 e. The number of nitro benzene ring substituents is 1. The minimum atomic E-state index is -0.632. The molecule has 0 radical (unpaired) electrons. The second kappa shape index (κ2) is 9.07. The molecule has 0 aliphatic rings. The smallest absolute Gasteiger partial charge is 0.275 e. The number of halogens is 2. The fraction of sp³-hybridized carbons (Fsp3) is 0.238. The number of aromatic nitrogens is 2. The molecule has 31 heavy (non-hydrogen) atoms. The molecule has 3 aromatic rings. The molecular weight excluding hydrogens is 488 g/mol. The molecule has 0 aliphatic carbocycles. The summed E-state index contributed by atoms with van der Waals surface area (Å²) in [6, 6.07) is 8.55. The number of non-ortho nitro benzene ring substituents is 1. The van der Waals surface area contributed by atoms with E-state index in [4.69, 9.17) is 16.3 Å². The Morgan fingerprint density at radius 2 is 1.97 bits per heavy atom. The van der Waals surface area contributed by atoms with Crippen LogP contribution in [0.4, 0.5) is 11.4 Å². The zero-order valence-electron chi connectivity index (χ0n) is 17.3. The average molecular weight is 508 g/mol. The highest BCUT2D eigenvalue weighted by Gasteiger charge is 2.22. The molecule has 162 valence electrons. The third-order valence-electron chi connectivity index (χ3n) is 4.72. The van der Waals surface area contributed by atoms with Crippen molar-refractivity contribution in [3.8, 4) is 11.5 Å². The number of benzene rings is 2. The van der Waals surface area contributed by atoms with Gasteiger partial charge in [-0.25, -0.2) is 0 Å². The molecule has 2 aromatic carbocycles. The van der Waals surface area contributed by atoms with Gasteiger partial charge in [0.05, 0.1) is 32.5 Å². The van der Waals surface area contributed by atoms with Gasteiger partial charge in [-0.1, -0.05) is 11.6 Å². The first-order chi connectivity index (χ1) is 14.6. The van der Waals surface area contributed by atoms with Crippen LogP contribution in [0.5, 0.6) is 11.5 Å². The standard InChI is InChI=1S/C21H20BrClN4O4/c1-11-7-15(23)5-6-19(11)31-18-9-16(8-17(10-18)27(29)30)24-21(28)14(4)26-13(3)20(22)12(2)25-26/h5-10,14H,1-4H3,(H,24,28). The summed E-state index contributed by atoms with van der Waals surface area (Å²) < 4.78 is 8.25. The summed E-state index contributed by atoms with van der Waals surface area (Å²) in [5.74, 6) is 0.353. The van der Waals surface area contributed by atoms with Crippen LogP contribution in [0.1, 0.15) is 29.9 Å². The topological polar surface area (TPSA) is 99.3 Å². The number of nitro groups is 1. The molecule has 0 aliphatic heterocycles. The van der Waals surface area contributed by atoms with Gasteiger partial charge < -0.3 is 10.1 Å². The van der Waals surface area contributed by atoms with Crippen LogP contribution in [0, 0.1) is 30.9 Å². The van der Waals surface area contributed by atoms with Crippen molar-refractivity contribution in [2.45, 2.75) is 33.7 Å². The van der Waals surface area contributed by atoms with E-state index in [1.54, 1.807) is 29.8 Å². The molecule has 0 saturated heterocycles. The Labute approximate surface area is 192 Å². The molecular formula is C21H20BrClN4O4. The number of carbonyl (C=O) groups is 1. The molecule has 1 atom stereocenters. The zero-order valence-corrected chi connectivity index (χ0v) is 19.6. The number of carbonyl (C=O) groups excluding carboxylic acids is 1. The molecule has 0 saturated carbocycles. The van der Waals surface area contributed by atoms with E-state index < -0.39 is 11.0 Å². The maximum absolute atomic E-state index is 12.8. The first-order valence-electron chi connectivity index (χ1n) is 9.32. The maximum atomic E-state index is 12.8. The van der Waals surface area contributed by atoms with Crippen LogP contribution in [-0.4, -0.2) is 20.6 Å². The highest BCUT2D eigenvalue weighted by molar-refractivity contribution is 9.10. The number of anilines is 1. The van der Waals surface area contributed by atoms with Crippen LogP contribution in [0.15, 0.2) is 40.9 Å². The monoisotopic (exact) mass is 506 g/mol. The lowest BCUT2D eigenvalue weighted by Crippen LogP contribution is -2.25. The molecule has 10 heteroatoms. The molecule has 1 aromatic heterocycles. The van der Waals surface area contributed by atoms with Crippen LogP contribution < -0.4 is 10.1 Å². The van der Waals surface area contributed by atoms with Gasteiger partial charge >= 0.3 is 0 Å². The lowest BCUT2D eigenvalue weighted by molar-refractivity contribution is -0.384. The van der Waals surface area contributed by atoms with E-state index in [1.807, 2.05) is 20.8 Å². The quantitative estimate of drug-likeness (QED) is 0.320. The predicted molar refractivity (Wildman–Crippen MR) is 122 cm³/mol. The van der Waals surface area contributed by atoms with Crippen LogP contribution in [-0.2, 0) is 4.79 Å². The average Bonchev–Trinajstić information content (AvgIpc) is 2.96. The van der Waals surface area contributed by atoms with Crippen LogP contribution in [0.3, 0.4) is 0 Å². The maximum Gasteiger partial charge on any atom is 0.275 e. The Hall–Kier alpha value is -2.91. The Balaban J connectivity index is 1.88. The van der Waals surface area contributed by atoms with Crippen molar-refractivity contribution >= 4 is 44.8 Å². The Kier molecular flexibility index (Phi) is 6.66. The lowest BCUT2D eigenvalue weighted by atomic mass is 10.2. The summed E-state index contributed by atoms with van der Waals surface area (Å²) in [5, 5.41) is 19.0. The Bertz CT molecular complexity index is 1180. The van der Waals surface area contributed by atoms with Crippen molar-refractivity contribution in [2.75, 3.05) is 5.32 Å². The molecule has 8 nitrogen and oxygen atoms in total. The number of aryl methyl sites for hydroxylation is 2. The summed E-state index contributed by atoms with van der Waals surface area (Å²) in [6.07, 6.45) is 0. The van der Waals surface area contributed by atoms with E-state index in [-0.39, 0.29) is 23.0 Å². The Morgan fingerprint density at radius 3 is 2.55 bits per heavy atom. The number of nitrogens with zero attached hydrogens (tertiary/aromatic N) is 3. The van der Waals surface area contributed by atoms with Crippen LogP contribution in [0.2, 0.25) is 5.02 Å². The second-order valence-corrected chi connectivity index (χ2v) is 8.31. The normalized spacial score (nSPS) is 11.8. The first kappa shape index (κ1) is 22.8. The van der Waals surface area contributed by atoms with Gasteiger partial charge in [0.2, 0.25) is 5.91 Å². The van der Waals surface area contributed by atoms with Crippen molar-refractivity contribution < 1.29 is 14.5 Å². The second-order valence-electron chi connectivity index (χ2n) is 7.08. The molecule has 1 amide bonds. The summed E-state index contributed by atoms with van der Waals surface area (Å²) in [5.41, 5.74) is 2.38. The highest BCUT2D eigenvalue weighted by atomic mass is 79.9. The van der Waals surface area contributed by atoms with Crippen molar-refractivity contribution in [1.82, 2.24) is 9.78 Å². The van der Waals surface area contributed by atoms with E-state index in [2.05, 4.69) is 26.3 Å². The first-order valence-corrected chi connectivity index (χ1v) is 10.5. The fourth-order valence-electron chi connectivity index (χ4n) is 3.05. The molecule has 3 rings (SSSR count). The highest BCUT2D eigenvalue weighted by Crippen LogP contribution is 2.32. The van der Waals surface area contributed by atoms with Gasteiger partial charge in [0, 0.05) is 17.2 Å². The SMILES string of the molecule is Cc1cc(Cl)ccc1Oc1cc(NC(=O)C(C)n2nc(C)c(Br)c2C)cc([N+](=O)[O-])c1. The van der Waals surface area contributed by atoms with Crippen molar-refractivity contribution in [3.05, 3.63) is 73.0 Å². The van der Waals surface area contributed by atoms with E-state index in [1.165, 1.54) is 18.2 Å². The van der Waals surface area contributed by atoms with Gasteiger partial charge in [-0.2, -0.15) is 5.10 Å². The molecule has 0 fully saturated rings. The lowest BCUT2D eigenvalue weighted by Gasteiger charge is -2.15. The van der Waals surface area contributed by atoms with E-state index >= 15 is 0 Å². The Morgan fingerprint density at radius 1 is 1.26 bits per heavy atom. The summed E-state index contributed by atoms with van der Waals surface area (Å²) in [7, 11) is 0. The number of hydrogen-bond acceptors (Lipinski definition) is 5. The van der Waals surface area contributed by atoms with E-state index in [0.29, 0.717) is 10.8 Å². The minimum absolute atomic E-state index is 0.207. The van der Waals surface area contributed by atoms with Gasteiger partial charge in [-0.05, 0) is 67.4 Å². The van der Waals surface area contributed by atoms with Gasteiger partial charge in [-0.15, -0.1) is 0 Å². The summed E-state index contributed by atoms with van der Waals surface area (Å²) in [6.45, 7) is 7.20. The zero-order chi connectivity index (χ0) is 22.9. The number of rotatable bonds is 6. The minimum Gasteiger partial charge on any atom is -0.457 e. The number of nitrogens with one attached hydrogen (secondary N) is 1. The molecule has 0 spiro atoms. The van der Waals surface area contributed by atoms with Crippen molar-refractivity contribution in [2.24, 2.45) is 0 Å². The van der Waals surface area contributed by atoms with E-state index in [0.717, 1.165) is 21.4 Å². The van der Waals surface area contributed by atoms with Crippen molar-refractivity contribution in [3.63, 3.8) is 0 Å². The third kappa shape index (κ3) is 5.05. The van der Waals surface area contributed by atoms with Gasteiger partial charge in [0.15, 0.2) is 0 Å². The van der Waals surface area contributed by atoms with Crippen LogP contribution >= 0.6 is 27.5 Å². The number of hydrogen-bond donors (Lipinski definition) is 1. The predicted octanol–water partition coefficient (Wildman–Crippen LogP) is 6.12. The number of amides is 1. The van der Waals surface area contributed by atoms with E-state index in [9.17, 15) is 14.9 Å². The van der Waals surface area contributed by atoms with Gasteiger partial charge in [0.25, 0.3) is 5.69 Å². The summed E-state index contributed by atoms with van der Waals surface area (Å²) in [4.78, 5) is 23.7. The molecule has 0 bridgehead atoms. The van der Waals surface area contributed by atoms with Gasteiger partial charge in [-0.3, -0.25) is 19.6 Å². The third-order valence-corrected chi connectivity index (χ3v) is 6.10. The molecule has 1 N–H and O–H groups in total.